The van der Waals surface area contributed by atoms with E-state index in [4.69, 9.17) is 21.7 Å². The van der Waals surface area contributed by atoms with E-state index in [9.17, 15) is 28.8 Å². The Balaban J connectivity index is 2.88. The first-order valence-electron chi connectivity index (χ1n) is 10.5. The molecule has 4 atom stereocenters. The highest BCUT2D eigenvalue weighted by Gasteiger charge is 2.30. The van der Waals surface area contributed by atoms with Crippen LogP contribution in [0.25, 0.3) is 0 Å². The van der Waals surface area contributed by atoms with Crippen molar-refractivity contribution in [2.45, 2.75) is 49.9 Å². The van der Waals surface area contributed by atoms with Gasteiger partial charge in [-0.25, -0.2) is 4.79 Å². The van der Waals surface area contributed by atoms with Crippen LogP contribution in [-0.4, -0.2) is 75.7 Å². The number of hydrogen-bond acceptors (Lipinski definition) is 8. The van der Waals surface area contributed by atoms with Crippen LogP contribution in [0, 0.1) is 0 Å². The van der Waals surface area contributed by atoms with Crippen molar-refractivity contribution >= 4 is 48.2 Å². The van der Waals surface area contributed by atoms with Crippen molar-refractivity contribution < 1.29 is 39.0 Å². The molecule has 4 amide bonds. The standard InChI is InChI=1S/C21H29N5O8S/c22-12(8-11-4-2-1-3-5-11)18(30)24-13(6-7-17(28)29)19(31)26-15(10-35)20(32)25-14(21(33)34)9-16(23)27/h1-5,12-15,35H,6-10,22H2,(H2,23,27)(H,24,30)(H,25,32)(H,26,31)(H,28,29)(H,33,34). The number of aliphatic carboxylic acids is 2. The van der Waals surface area contributed by atoms with Crippen LogP contribution in [0.5, 0.6) is 0 Å². The molecule has 0 saturated heterocycles. The van der Waals surface area contributed by atoms with Crippen molar-refractivity contribution in [2.75, 3.05) is 5.75 Å². The average Bonchev–Trinajstić information content (AvgIpc) is 2.79. The first kappa shape index (κ1) is 29.4. The van der Waals surface area contributed by atoms with Gasteiger partial charge in [0, 0.05) is 12.2 Å². The lowest BCUT2D eigenvalue weighted by Crippen LogP contribution is -2.58. The number of carbonyl (C=O) groups is 6. The van der Waals surface area contributed by atoms with Crippen molar-refractivity contribution in [3.05, 3.63) is 35.9 Å². The Morgan fingerprint density at radius 1 is 0.857 bits per heavy atom. The van der Waals surface area contributed by atoms with E-state index < -0.39 is 72.6 Å². The van der Waals surface area contributed by atoms with Crippen LogP contribution in [-0.2, 0) is 35.2 Å². The Morgan fingerprint density at radius 2 is 1.40 bits per heavy atom. The molecule has 0 spiro atoms. The van der Waals surface area contributed by atoms with Crippen molar-refractivity contribution in [2.24, 2.45) is 11.5 Å². The zero-order chi connectivity index (χ0) is 26.5. The predicted molar refractivity (Wildman–Crippen MR) is 126 cm³/mol. The third kappa shape index (κ3) is 10.9. The molecular weight excluding hydrogens is 482 g/mol. The summed E-state index contributed by atoms with van der Waals surface area (Å²) in [5.74, 6) is -6.54. The number of hydrogen-bond donors (Lipinski definition) is 8. The molecule has 0 aliphatic heterocycles. The monoisotopic (exact) mass is 511 g/mol. The minimum absolute atomic E-state index is 0.165. The maximum atomic E-state index is 12.8. The lowest BCUT2D eigenvalue weighted by molar-refractivity contribution is -0.143. The second-order valence-electron chi connectivity index (χ2n) is 7.60. The van der Waals surface area contributed by atoms with Crippen LogP contribution < -0.4 is 27.4 Å². The Morgan fingerprint density at radius 3 is 1.91 bits per heavy atom. The smallest absolute Gasteiger partial charge is 0.326 e. The van der Waals surface area contributed by atoms with E-state index >= 15 is 0 Å². The molecule has 0 bridgehead atoms. The summed E-state index contributed by atoms with van der Waals surface area (Å²) in [5, 5.41) is 24.9. The number of carboxylic acids is 2. The van der Waals surface area contributed by atoms with Crippen LogP contribution >= 0.6 is 12.6 Å². The van der Waals surface area contributed by atoms with Crippen molar-refractivity contribution in [1.29, 1.82) is 0 Å². The number of carbonyl (C=O) groups excluding carboxylic acids is 4. The third-order valence-corrected chi connectivity index (χ3v) is 5.12. The molecule has 14 heteroatoms. The normalized spacial score (nSPS) is 14.0. The molecule has 0 fully saturated rings. The van der Waals surface area contributed by atoms with Crippen molar-refractivity contribution in [1.82, 2.24) is 16.0 Å². The maximum Gasteiger partial charge on any atom is 0.326 e. The zero-order valence-corrected chi connectivity index (χ0v) is 19.6. The number of rotatable bonds is 15. The second-order valence-corrected chi connectivity index (χ2v) is 7.97. The molecule has 0 aliphatic carbocycles. The van der Waals surface area contributed by atoms with Crippen LogP contribution in [0.1, 0.15) is 24.8 Å². The number of nitrogens with two attached hydrogens (primary N) is 2. The molecule has 0 aromatic heterocycles. The van der Waals surface area contributed by atoms with Crippen molar-refractivity contribution in [3.63, 3.8) is 0 Å². The summed E-state index contributed by atoms with van der Waals surface area (Å²) < 4.78 is 0. The molecular formula is C21H29N5O8S. The van der Waals surface area contributed by atoms with Gasteiger partial charge in [0.05, 0.1) is 12.5 Å². The summed E-state index contributed by atoms with van der Waals surface area (Å²) >= 11 is 3.97. The van der Waals surface area contributed by atoms with E-state index in [0.717, 1.165) is 5.56 Å². The number of nitrogens with one attached hydrogen (secondary N) is 3. The van der Waals surface area contributed by atoms with Crippen molar-refractivity contribution in [3.8, 4) is 0 Å². The van der Waals surface area contributed by atoms with Gasteiger partial charge in [0.15, 0.2) is 0 Å². The van der Waals surface area contributed by atoms with Gasteiger partial charge in [-0.05, 0) is 18.4 Å². The molecule has 1 aromatic carbocycles. The molecule has 0 radical (unpaired) electrons. The number of thiol groups is 1. The summed E-state index contributed by atoms with van der Waals surface area (Å²) in [7, 11) is 0. The van der Waals surface area contributed by atoms with Gasteiger partial charge in [-0.2, -0.15) is 12.6 Å². The SMILES string of the molecule is NC(=O)CC(NC(=O)C(CS)NC(=O)C(CCC(=O)O)NC(=O)C(N)Cc1ccccc1)C(=O)O. The number of amides is 4. The summed E-state index contributed by atoms with van der Waals surface area (Å²) in [4.78, 5) is 71.0. The second kappa shape index (κ2) is 14.6. The van der Waals surface area contributed by atoms with Crippen LogP contribution in [0.3, 0.4) is 0 Å². The van der Waals surface area contributed by atoms with Gasteiger partial charge >= 0.3 is 11.9 Å². The fraction of sp³-hybridized carbons (Fsp3) is 0.429. The molecule has 9 N–H and O–H groups in total. The highest BCUT2D eigenvalue weighted by molar-refractivity contribution is 7.80. The van der Waals surface area contributed by atoms with Gasteiger partial charge in [-0.1, -0.05) is 30.3 Å². The zero-order valence-electron chi connectivity index (χ0n) is 18.7. The first-order chi connectivity index (χ1) is 16.4. The van der Waals surface area contributed by atoms with Gasteiger partial charge in [-0.15, -0.1) is 0 Å². The number of benzene rings is 1. The quantitative estimate of drug-likeness (QED) is 0.119. The Bertz CT molecular complexity index is 930. The molecule has 4 unspecified atom stereocenters. The molecule has 1 aromatic rings. The van der Waals surface area contributed by atoms with Gasteiger partial charge in [-0.3, -0.25) is 24.0 Å². The summed E-state index contributed by atoms with van der Waals surface area (Å²) in [6.07, 6.45) is -1.28. The summed E-state index contributed by atoms with van der Waals surface area (Å²) in [6, 6.07) is 3.49. The summed E-state index contributed by atoms with van der Waals surface area (Å²) in [5.41, 5.74) is 11.7. The lowest BCUT2D eigenvalue weighted by Gasteiger charge is -2.24. The topological polar surface area (TPSA) is 231 Å². The Labute approximate surface area is 206 Å². The van der Waals surface area contributed by atoms with E-state index in [1.807, 2.05) is 0 Å². The molecule has 35 heavy (non-hydrogen) atoms. The van der Waals surface area contributed by atoms with E-state index in [2.05, 4.69) is 28.6 Å². The Hall–Kier alpha value is -3.65. The van der Waals surface area contributed by atoms with Gasteiger partial charge in [0.2, 0.25) is 23.6 Å². The number of carboxylic acid groups (broad SMARTS) is 2. The van der Waals surface area contributed by atoms with Gasteiger partial charge in [0.25, 0.3) is 0 Å². The minimum atomic E-state index is -1.63. The fourth-order valence-corrected chi connectivity index (χ4v) is 3.17. The van der Waals surface area contributed by atoms with Crippen LogP contribution in [0.4, 0.5) is 0 Å². The highest BCUT2D eigenvalue weighted by atomic mass is 32.1. The lowest BCUT2D eigenvalue weighted by atomic mass is 10.0. The third-order valence-electron chi connectivity index (χ3n) is 4.75. The van der Waals surface area contributed by atoms with E-state index in [1.165, 1.54) is 0 Å². The molecule has 13 nitrogen and oxygen atoms in total. The molecule has 0 saturated carbocycles. The fourth-order valence-electron chi connectivity index (χ4n) is 2.92. The maximum absolute atomic E-state index is 12.8. The average molecular weight is 512 g/mol. The van der Waals surface area contributed by atoms with E-state index in [1.54, 1.807) is 30.3 Å². The molecule has 1 rings (SSSR count). The predicted octanol–water partition coefficient (Wildman–Crippen LogP) is -2.23. The molecule has 0 aliphatic rings. The van der Waals surface area contributed by atoms with E-state index in [-0.39, 0.29) is 18.6 Å². The van der Waals surface area contributed by atoms with Gasteiger partial charge < -0.3 is 37.6 Å². The van der Waals surface area contributed by atoms with E-state index in [0.29, 0.717) is 0 Å². The van der Waals surface area contributed by atoms with Crippen LogP contribution in [0.15, 0.2) is 30.3 Å². The number of primary amides is 1. The Kier molecular flexibility index (Phi) is 12.2. The molecule has 192 valence electrons. The minimum Gasteiger partial charge on any atom is -0.481 e. The molecule has 0 heterocycles. The van der Waals surface area contributed by atoms with Gasteiger partial charge in [0.1, 0.15) is 18.1 Å². The summed E-state index contributed by atoms with van der Waals surface area (Å²) in [6.45, 7) is 0. The largest absolute Gasteiger partial charge is 0.481 e. The first-order valence-corrected chi connectivity index (χ1v) is 11.1. The highest BCUT2D eigenvalue weighted by Crippen LogP contribution is 2.05. The van der Waals surface area contributed by atoms with Crippen LogP contribution in [0.2, 0.25) is 0 Å².